The standard InChI is InChI=1S/C19H18FNO4/c1-10(2)9-14-19-8-7-13(25-19)15(18(23)24)16(19)17(22)21(14)12-5-3-11(20)4-6-12/h3-8,13-16H,1,9H2,2H3,(H,23,24)/t13-,14-,15+,16-,19+/m1/s1. The number of halogens is 1. The van der Waals surface area contributed by atoms with Gasteiger partial charge in [0.2, 0.25) is 5.91 Å². The molecule has 0 saturated carbocycles. The van der Waals surface area contributed by atoms with Gasteiger partial charge in [-0.1, -0.05) is 17.7 Å². The molecule has 2 fully saturated rings. The zero-order chi connectivity index (χ0) is 17.9. The molecule has 5 atom stereocenters. The Balaban J connectivity index is 1.84. The molecular formula is C19H18FNO4. The van der Waals surface area contributed by atoms with Crippen LogP contribution in [0.3, 0.4) is 0 Å². The van der Waals surface area contributed by atoms with Crippen molar-refractivity contribution in [2.45, 2.75) is 31.1 Å². The first-order valence-electron chi connectivity index (χ1n) is 8.18. The van der Waals surface area contributed by atoms with Gasteiger partial charge in [0.15, 0.2) is 0 Å². The number of anilines is 1. The maximum Gasteiger partial charge on any atom is 0.310 e. The fourth-order valence-electron chi connectivity index (χ4n) is 4.42. The number of nitrogens with zero attached hydrogens (tertiary/aromatic N) is 1. The van der Waals surface area contributed by atoms with Crippen LogP contribution < -0.4 is 4.90 Å². The second kappa shape index (κ2) is 5.26. The van der Waals surface area contributed by atoms with Crippen LogP contribution in [-0.4, -0.2) is 34.7 Å². The van der Waals surface area contributed by atoms with Crippen LogP contribution in [0.4, 0.5) is 10.1 Å². The quantitative estimate of drug-likeness (QED) is 0.853. The van der Waals surface area contributed by atoms with Gasteiger partial charge >= 0.3 is 5.97 Å². The van der Waals surface area contributed by atoms with E-state index in [9.17, 15) is 19.1 Å². The highest BCUT2D eigenvalue weighted by molar-refractivity contribution is 6.03. The summed E-state index contributed by atoms with van der Waals surface area (Å²) < 4.78 is 19.3. The number of fused-ring (bicyclic) bond motifs is 1. The summed E-state index contributed by atoms with van der Waals surface area (Å²) in [6, 6.07) is 5.23. The fourth-order valence-corrected chi connectivity index (χ4v) is 4.42. The van der Waals surface area contributed by atoms with Gasteiger partial charge in [-0.05, 0) is 37.6 Å². The van der Waals surface area contributed by atoms with Crippen molar-refractivity contribution >= 4 is 17.6 Å². The van der Waals surface area contributed by atoms with E-state index < -0.39 is 41.4 Å². The van der Waals surface area contributed by atoms with E-state index in [0.717, 1.165) is 5.57 Å². The minimum Gasteiger partial charge on any atom is -0.481 e. The highest BCUT2D eigenvalue weighted by atomic mass is 19.1. The zero-order valence-electron chi connectivity index (χ0n) is 13.7. The predicted molar refractivity (Wildman–Crippen MR) is 88.5 cm³/mol. The van der Waals surface area contributed by atoms with E-state index in [1.54, 1.807) is 11.0 Å². The molecule has 130 valence electrons. The van der Waals surface area contributed by atoms with Gasteiger partial charge in [-0.25, -0.2) is 4.39 Å². The van der Waals surface area contributed by atoms with Gasteiger partial charge in [-0.15, -0.1) is 6.58 Å². The molecule has 1 spiro atoms. The van der Waals surface area contributed by atoms with Gasteiger partial charge in [0.1, 0.15) is 17.3 Å². The van der Waals surface area contributed by atoms with Crippen molar-refractivity contribution in [3.05, 3.63) is 54.4 Å². The van der Waals surface area contributed by atoms with Crippen LogP contribution in [0, 0.1) is 17.7 Å². The summed E-state index contributed by atoms with van der Waals surface area (Å²) in [5.74, 6) is -3.42. The average molecular weight is 343 g/mol. The number of amides is 1. The number of carbonyl (C=O) groups is 2. The highest BCUT2D eigenvalue weighted by Gasteiger charge is 2.71. The molecule has 4 rings (SSSR count). The molecule has 3 aliphatic heterocycles. The fraction of sp³-hybridized carbons (Fsp3) is 0.368. The molecular weight excluding hydrogens is 325 g/mol. The summed E-state index contributed by atoms with van der Waals surface area (Å²) in [5, 5.41) is 9.61. The van der Waals surface area contributed by atoms with Crippen molar-refractivity contribution in [3.8, 4) is 0 Å². The highest BCUT2D eigenvalue weighted by Crippen LogP contribution is 2.56. The number of carboxylic acid groups (broad SMARTS) is 1. The van der Waals surface area contributed by atoms with Gasteiger partial charge in [0, 0.05) is 5.69 Å². The third kappa shape index (κ3) is 2.10. The molecule has 1 aromatic carbocycles. The Morgan fingerprint density at radius 2 is 2.08 bits per heavy atom. The van der Waals surface area contributed by atoms with Crippen LogP contribution in [0.5, 0.6) is 0 Å². The lowest BCUT2D eigenvalue weighted by Crippen LogP contribution is -2.45. The molecule has 1 aromatic rings. The van der Waals surface area contributed by atoms with E-state index in [1.807, 2.05) is 13.0 Å². The Hall–Kier alpha value is -2.47. The molecule has 5 nitrogen and oxygen atoms in total. The molecule has 25 heavy (non-hydrogen) atoms. The molecule has 2 bridgehead atoms. The number of carbonyl (C=O) groups excluding carboxylic acids is 1. The zero-order valence-corrected chi connectivity index (χ0v) is 13.7. The van der Waals surface area contributed by atoms with Gasteiger partial charge in [-0.3, -0.25) is 9.59 Å². The monoisotopic (exact) mass is 343 g/mol. The molecule has 0 radical (unpaired) electrons. The summed E-state index contributed by atoms with van der Waals surface area (Å²) in [6.45, 7) is 5.80. The van der Waals surface area contributed by atoms with E-state index in [0.29, 0.717) is 12.1 Å². The van der Waals surface area contributed by atoms with E-state index in [2.05, 4.69) is 6.58 Å². The van der Waals surface area contributed by atoms with Crippen molar-refractivity contribution < 1.29 is 23.8 Å². The Labute approximate surface area is 144 Å². The Morgan fingerprint density at radius 1 is 1.40 bits per heavy atom. The SMILES string of the molecule is C=C(C)C[C@H]1N(c2ccc(F)cc2)C(=O)[C@H]2[C@@H](C(=O)O)[C@H]3C=C[C@@]21O3. The number of ether oxygens (including phenoxy) is 1. The van der Waals surface area contributed by atoms with Crippen LogP contribution >= 0.6 is 0 Å². The van der Waals surface area contributed by atoms with Crippen molar-refractivity contribution in [3.63, 3.8) is 0 Å². The summed E-state index contributed by atoms with van der Waals surface area (Å²) in [5.41, 5.74) is 0.420. The first-order chi connectivity index (χ1) is 11.8. The first kappa shape index (κ1) is 16.0. The lowest BCUT2D eigenvalue weighted by Gasteiger charge is -2.33. The number of aliphatic carboxylic acids is 1. The average Bonchev–Trinajstić information content (AvgIpc) is 3.18. The Bertz CT molecular complexity index is 802. The summed E-state index contributed by atoms with van der Waals surface area (Å²) in [7, 11) is 0. The molecule has 3 heterocycles. The third-order valence-corrected chi connectivity index (χ3v) is 5.35. The van der Waals surface area contributed by atoms with Crippen molar-refractivity contribution in [2.75, 3.05) is 4.90 Å². The van der Waals surface area contributed by atoms with Gasteiger partial charge in [0.25, 0.3) is 0 Å². The second-order valence-corrected chi connectivity index (χ2v) is 7.00. The predicted octanol–water partition coefficient (Wildman–Crippen LogP) is 2.53. The van der Waals surface area contributed by atoms with Gasteiger partial charge in [-0.2, -0.15) is 0 Å². The maximum atomic E-state index is 13.3. The van der Waals surface area contributed by atoms with Crippen LogP contribution in [0.25, 0.3) is 0 Å². The number of carboxylic acids is 1. The molecule has 1 N–H and O–H groups in total. The van der Waals surface area contributed by atoms with E-state index >= 15 is 0 Å². The topological polar surface area (TPSA) is 66.8 Å². The molecule has 0 aromatic heterocycles. The van der Waals surface area contributed by atoms with Gasteiger partial charge in [0.05, 0.1) is 18.1 Å². The van der Waals surface area contributed by atoms with Crippen LogP contribution in [0.2, 0.25) is 0 Å². The molecule has 2 saturated heterocycles. The third-order valence-electron chi connectivity index (χ3n) is 5.35. The minimum absolute atomic E-state index is 0.294. The van der Waals surface area contributed by atoms with E-state index in [1.165, 1.54) is 24.3 Å². The smallest absolute Gasteiger partial charge is 0.310 e. The normalized spacial score (nSPS) is 35.3. The number of benzene rings is 1. The Kier molecular flexibility index (Phi) is 3.37. The van der Waals surface area contributed by atoms with Crippen molar-refractivity contribution in [1.82, 2.24) is 0 Å². The van der Waals surface area contributed by atoms with Crippen LogP contribution in [0.1, 0.15) is 13.3 Å². The number of hydrogen-bond donors (Lipinski definition) is 1. The largest absolute Gasteiger partial charge is 0.481 e. The lowest BCUT2D eigenvalue weighted by molar-refractivity contribution is -0.146. The number of rotatable bonds is 4. The second-order valence-electron chi connectivity index (χ2n) is 7.00. The maximum absolute atomic E-state index is 13.3. The molecule has 1 amide bonds. The molecule has 0 unspecified atom stereocenters. The van der Waals surface area contributed by atoms with Crippen LogP contribution in [0.15, 0.2) is 48.6 Å². The molecule has 6 heteroatoms. The van der Waals surface area contributed by atoms with E-state index in [-0.39, 0.29) is 5.91 Å². The molecule has 3 aliphatic rings. The van der Waals surface area contributed by atoms with E-state index in [4.69, 9.17) is 4.74 Å². The summed E-state index contributed by atoms with van der Waals surface area (Å²) in [4.78, 5) is 26.5. The van der Waals surface area contributed by atoms with Crippen molar-refractivity contribution in [2.24, 2.45) is 11.8 Å². The summed E-state index contributed by atoms with van der Waals surface area (Å²) >= 11 is 0. The minimum atomic E-state index is -1.04. The van der Waals surface area contributed by atoms with Crippen molar-refractivity contribution in [1.29, 1.82) is 0 Å². The van der Waals surface area contributed by atoms with Gasteiger partial charge < -0.3 is 14.7 Å². The summed E-state index contributed by atoms with van der Waals surface area (Å²) in [6.07, 6.45) is 3.46. The van der Waals surface area contributed by atoms with Crippen LogP contribution in [-0.2, 0) is 14.3 Å². The first-order valence-corrected chi connectivity index (χ1v) is 8.18. The number of hydrogen-bond acceptors (Lipinski definition) is 3. The Morgan fingerprint density at radius 3 is 2.68 bits per heavy atom. The lowest BCUT2D eigenvalue weighted by atomic mass is 9.74. The molecule has 0 aliphatic carbocycles.